The summed E-state index contributed by atoms with van der Waals surface area (Å²) in [5.41, 5.74) is 2.99. The fourth-order valence-corrected chi connectivity index (χ4v) is 5.38. The molecular weight excluding hydrogens is 452 g/mol. The Hall–Kier alpha value is -3.03. The maximum atomic E-state index is 13.4. The van der Waals surface area contributed by atoms with Crippen molar-refractivity contribution in [2.75, 3.05) is 24.9 Å². The first-order valence-electron chi connectivity index (χ1n) is 10.6. The Morgan fingerprint density at radius 2 is 1.76 bits per heavy atom. The summed E-state index contributed by atoms with van der Waals surface area (Å²) >= 11 is 3.20. The Kier molecular flexibility index (Phi) is 7.52. The van der Waals surface area contributed by atoms with Crippen molar-refractivity contribution in [3.8, 4) is 11.5 Å². The molecule has 1 heterocycles. The highest BCUT2D eigenvalue weighted by atomic mass is 32.2. The minimum atomic E-state index is 0.0514. The number of carbonyl (C=O) groups is 1. The van der Waals surface area contributed by atoms with Crippen LogP contribution in [0.5, 0.6) is 11.5 Å². The average Bonchev–Trinajstić information content (AvgIpc) is 3.30. The van der Waals surface area contributed by atoms with Crippen molar-refractivity contribution < 1.29 is 14.3 Å². The number of aromatic nitrogens is 1. The molecule has 4 rings (SSSR count). The smallest absolute Gasteiger partial charge is 0.229 e. The van der Waals surface area contributed by atoms with Gasteiger partial charge in [0.05, 0.1) is 25.5 Å². The third-order valence-electron chi connectivity index (χ3n) is 5.27. The fourth-order valence-electron chi connectivity index (χ4n) is 3.47. The van der Waals surface area contributed by atoms with E-state index in [4.69, 9.17) is 14.5 Å². The highest BCUT2D eigenvalue weighted by molar-refractivity contribution is 7.99. The van der Waals surface area contributed by atoms with Crippen molar-refractivity contribution in [2.45, 2.75) is 24.8 Å². The van der Waals surface area contributed by atoms with Crippen LogP contribution in [0.3, 0.4) is 0 Å². The Morgan fingerprint density at radius 1 is 1.00 bits per heavy atom. The van der Waals surface area contributed by atoms with Gasteiger partial charge in [-0.25, -0.2) is 4.98 Å². The molecule has 0 radical (unpaired) electrons. The second-order valence-corrected chi connectivity index (χ2v) is 9.64. The maximum Gasteiger partial charge on any atom is 0.229 e. The molecule has 0 fully saturated rings. The van der Waals surface area contributed by atoms with Gasteiger partial charge in [-0.2, -0.15) is 0 Å². The maximum absolute atomic E-state index is 13.4. The topological polar surface area (TPSA) is 51.7 Å². The molecular formula is C26H26N2O3S2. The van der Waals surface area contributed by atoms with E-state index in [-0.39, 0.29) is 5.91 Å². The van der Waals surface area contributed by atoms with Gasteiger partial charge in [-0.15, -0.1) is 11.8 Å². The van der Waals surface area contributed by atoms with Crippen LogP contribution in [0, 0.1) is 6.92 Å². The number of thioether (sulfide) groups is 1. The molecule has 1 amide bonds. The van der Waals surface area contributed by atoms with Crippen LogP contribution >= 0.6 is 23.1 Å². The third-order valence-corrected chi connectivity index (χ3v) is 7.50. The van der Waals surface area contributed by atoms with E-state index in [0.29, 0.717) is 23.8 Å². The summed E-state index contributed by atoms with van der Waals surface area (Å²) in [6.45, 7) is 2.53. The Morgan fingerprint density at radius 3 is 2.45 bits per heavy atom. The number of anilines is 1. The SMILES string of the molecule is COc1ccc(SCCC(=O)N(Cc2ccccc2)c2nc3c(OC)ccc(C)c3s2)cc1. The van der Waals surface area contributed by atoms with Gasteiger partial charge in [-0.3, -0.25) is 9.69 Å². The van der Waals surface area contributed by atoms with Crippen molar-refractivity contribution in [1.82, 2.24) is 4.98 Å². The highest BCUT2D eigenvalue weighted by Crippen LogP contribution is 2.37. The molecule has 0 N–H and O–H groups in total. The van der Waals surface area contributed by atoms with E-state index in [1.165, 1.54) is 11.3 Å². The van der Waals surface area contributed by atoms with Crippen LogP contribution in [0.4, 0.5) is 5.13 Å². The first kappa shape index (κ1) is 23.1. The molecule has 0 aliphatic carbocycles. The summed E-state index contributed by atoms with van der Waals surface area (Å²) in [6, 6.07) is 21.9. The number of hydrogen-bond acceptors (Lipinski definition) is 6. The molecule has 33 heavy (non-hydrogen) atoms. The van der Waals surface area contributed by atoms with Gasteiger partial charge in [0.2, 0.25) is 5.91 Å². The number of fused-ring (bicyclic) bond motifs is 1. The van der Waals surface area contributed by atoms with Crippen LogP contribution in [0.15, 0.2) is 71.6 Å². The molecule has 0 aliphatic rings. The molecule has 3 aromatic carbocycles. The van der Waals surface area contributed by atoms with Crippen LogP contribution < -0.4 is 14.4 Å². The summed E-state index contributed by atoms with van der Waals surface area (Å²) in [6.07, 6.45) is 0.412. The van der Waals surface area contributed by atoms with E-state index in [1.54, 1.807) is 30.9 Å². The highest BCUT2D eigenvalue weighted by Gasteiger charge is 2.22. The van der Waals surface area contributed by atoms with Gasteiger partial charge in [0, 0.05) is 17.1 Å². The average molecular weight is 479 g/mol. The lowest BCUT2D eigenvalue weighted by Crippen LogP contribution is -2.30. The van der Waals surface area contributed by atoms with Crippen molar-refractivity contribution >= 4 is 44.4 Å². The lowest BCUT2D eigenvalue weighted by Gasteiger charge is -2.20. The second kappa shape index (κ2) is 10.7. The summed E-state index contributed by atoms with van der Waals surface area (Å²) in [7, 11) is 3.30. The first-order chi connectivity index (χ1) is 16.1. The number of amides is 1. The lowest BCUT2D eigenvalue weighted by atomic mass is 10.2. The van der Waals surface area contributed by atoms with Gasteiger partial charge in [-0.1, -0.05) is 47.7 Å². The zero-order chi connectivity index (χ0) is 23.2. The number of carbonyl (C=O) groups excluding carboxylic acids is 1. The molecule has 0 spiro atoms. The second-order valence-electron chi connectivity index (χ2n) is 7.50. The number of thiazole rings is 1. The minimum Gasteiger partial charge on any atom is -0.497 e. The van der Waals surface area contributed by atoms with Gasteiger partial charge < -0.3 is 9.47 Å². The minimum absolute atomic E-state index is 0.0514. The first-order valence-corrected chi connectivity index (χ1v) is 12.4. The number of rotatable bonds is 9. The van der Waals surface area contributed by atoms with Crippen molar-refractivity contribution in [3.63, 3.8) is 0 Å². The molecule has 7 heteroatoms. The Balaban J connectivity index is 1.56. The van der Waals surface area contributed by atoms with Gasteiger partial charge in [-0.05, 0) is 48.4 Å². The predicted octanol–water partition coefficient (Wildman–Crippen LogP) is 6.34. The van der Waals surface area contributed by atoms with Crippen LogP contribution in [0.2, 0.25) is 0 Å². The summed E-state index contributed by atoms with van der Waals surface area (Å²) in [5, 5.41) is 0.695. The number of ether oxygens (including phenoxy) is 2. The van der Waals surface area contributed by atoms with E-state index in [1.807, 2.05) is 66.7 Å². The zero-order valence-corrected chi connectivity index (χ0v) is 20.5. The van der Waals surface area contributed by atoms with Crippen LogP contribution in [-0.2, 0) is 11.3 Å². The van der Waals surface area contributed by atoms with Gasteiger partial charge >= 0.3 is 0 Å². The normalized spacial score (nSPS) is 10.9. The van der Waals surface area contributed by atoms with Gasteiger partial charge in [0.15, 0.2) is 5.13 Å². The summed E-state index contributed by atoms with van der Waals surface area (Å²) < 4.78 is 11.8. The van der Waals surface area contributed by atoms with E-state index >= 15 is 0 Å². The molecule has 0 aliphatic heterocycles. The third kappa shape index (κ3) is 5.49. The van der Waals surface area contributed by atoms with Crippen molar-refractivity contribution in [1.29, 1.82) is 0 Å². The Labute approximate surface area is 202 Å². The molecule has 0 saturated heterocycles. The molecule has 0 saturated carbocycles. The zero-order valence-electron chi connectivity index (χ0n) is 18.9. The van der Waals surface area contributed by atoms with Crippen molar-refractivity contribution in [2.24, 2.45) is 0 Å². The monoisotopic (exact) mass is 478 g/mol. The van der Waals surface area contributed by atoms with Gasteiger partial charge in [0.1, 0.15) is 17.0 Å². The number of methoxy groups -OCH3 is 2. The van der Waals surface area contributed by atoms with E-state index < -0.39 is 0 Å². The van der Waals surface area contributed by atoms with Crippen molar-refractivity contribution in [3.05, 3.63) is 77.9 Å². The van der Waals surface area contributed by atoms with Gasteiger partial charge in [0.25, 0.3) is 0 Å². The van der Waals surface area contributed by atoms with Crippen LogP contribution in [0.25, 0.3) is 10.2 Å². The molecule has 5 nitrogen and oxygen atoms in total. The number of nitrogens with zero attached hydrogens (tertiary/aromatic N) is 2. The van der Waals surface area contributed by atoms with Crippen LogP contribution in [-0.4, -0.2) is 30.9 Å². The molecule has 170 valence electrons. The van der Waals surface area contributed by atoms with Crippen LogP contribution in [0.1, 0.15) is 17.5 Å². The number of hydrogen-bond donors (Lipinski definition) is 0. The summed E-state index contributed by atoms with van der Waals surface area (Å²) in [4.78, 5) is 21.1. The molecule has 0 unspecified atom stereocenters. The lowest BCUT2D eigenvalue weighted by molar-refractivity contribution is -0.118. The standard InChI is InChI=1S/C26H26N2O3S2/c1-18-9-14-22(31-3)24-25(18)33-26(27-24)28(17-19-7-5-4-6-8-19)23(29)15-16-32-21-12-10-20(30-2)11-13-21/h4-14H,15-17H2,1-3H3. The number of benzene rings is 3. The summed E-state index contributed by atoms with van der Waals surface area (Å²) in [5.74, 6) is 2.28. The molecule has 4 aromatic rings. The fraction of sp³-hybridized carbons (Fsp3) is 0.231. The largest absolute Gasteiger partial charge is 0.497 e. The number of aryl methyl sites for hydroxylation is 1. The van der Waals surface area contributed by atoms with E-state index in [0.717, 1.165) is 37.7 Å². The van der Waals surface area contributed by atoms with E-state index in [2.05, 4.69) is 6.92 Å². The van der Waals surface area contributed by atoms with E-state index in [9.17, 15) is 4.79 Å². The quantitative estimate of drug-likeness (QED) is 0.263. The predicted molar refractivity (Wildman–Crippen MR) is 137 cm³/mol. The Bertz CT molecular complexity index is 1220. The molecule has 1 aromatic heterocycles. The molecule has 0 atom stereocenters. The molecule has 0 bridgehead atoms.